The zero-order valence-electron chi connectivity index (χ0n) is 17.4. The number of benzene rings is 1. The molecule has 0 bridgehead atoms. The summed E-state index contributed by atoms with van der Waals surface area (Å²) in [4.78, 5) is 31.3. The minimum Gasteiger partial charge on any atom is -0.368 e. The van der Waals surface area contributed by atoms with Crippen molar-refractivity contribution >= 4 is 11.8 Å². The van der Waals surface area contributed by atoms with E-state index in [-0.39, 0.29) is 23.0 Å². The second kappa shape index (κ2) is 8.91. The van der Waals surface area contributed by atoms with Gasteiger partial charge in [0.25, 0.3) is 5.91 Å². The molecule has 1 aromatic heterocycles. The van der Waals surface area contributed by atoms with Gasteiger partial charge in [-0.1, -0.05) is 13.8 Å². The molecule has 2 heterocycles. The first kappa shape index (κ1) is 21.9. The van der Waals surface area contributed by atoms with Crippen LogP contribution in [0.1, 0.15) is 42.9 Å². The highest BCUT2D eigenvalue weighted by atomic mass is 19.1. The van der Waals surface area contributed by atoms with Crippen LogP contribution in [0.4, 0.5) is 8.78 Å². The predicted molar refractivity (Wildman–Crippen MR) is 108 cm³/mol. The highest BCUT2D eigenvalue weighted by Crippen LogP contribution is 2.28. The maximum absolute atomic E-state index is 14.5. The minimum atomic E-state index is -0.840. The number of amides is 2. The summed E-state index contributed by atoms with van der Waals surface area (Å²) in [6, 6.07) is 2.32. The van der Waals surface area contributed by atoms with Gasteiger partial charge in [0, 0.05) is 13.1 Å². The molecule has 0 spiro atoms. The van der Waals surface area contributed by atoms with Gasteiger partial charge in [-0.2, -0.15) is 0 Å². The summed E-state index contributed by atoms with van der Waals surface area (Å²) in [5.41, 5.74) is 6.14. The van der Waals surface area contributed by atoms with E-state index < -0.39 is 29.5 Å². The maximum atomic E-state index is 14.5. The summed E-state index contributed by atoms with van der Waals surface area (Å²) in [7, 11) is 1.91. The average Bonchev–Trinajstić information content (AvgIpc) is 2.89. The van der Waals surface area contributed by atoms with Crippen LogP contribution < -0.4 is 11.1 Å². The standard InChI is InChI=1S/C21H27F2N5O2/c1-12(2)9-16(19(24)29)25-21(30)18-17-11-27(3)7-4-8-28(17)20(26-18)14-10-13(22)5-6-15(14)23/h5-6,10,12,16H,4,7-9,11H2,1-3H3,(H2,24,29)(H,25,30)/t16-/m0/s1. The molecule has 0 fully saturated rings. The number of nitrogens with one attached hydrogen (secondary N) is 1. The van der Waals surface area contributed by atoms with Gasteiger partial charge in [0.1, 0.15) is 23.5 Å². The predicted octanol–water partition coefficient (Wildman–Crippen LogP) is 2.29. The molecule has 9 heteroatoms. The summed E-state index contributed by atoms with van der Waals surface area (Å²) in [6.45, 7) is 5.55. The van der Waals surface area contributed by atoms with E-state index in [0.717, 1.165) is 31.2 Å². The molecule has 2 aromatic rings. The maximum Gasteiger partial charge on any atom is 0.272 e. The Kier molecular flexibility index (Phi) is 6.50. The highest BCUT2D eigenvalue weighted by molar-refractivity contribution is 5.97. The van der Waals surface area contributed by atoms with E-state index in [4.69, 9.17) is 5.73 Å². The van der Waals surface area contributed by atoms with Gasteiger partial charge in [-0.25, -0.2) is 13.8 Å². The summed E-state index contributed by atoms with van der Waals surface area (Å²) < 4.78 is 30.1. The van der Waals surface area contributed by atoms with Crippen molar-refractivity contribution in [1.29, 1.82) is 0 Å². The van der Waals surface area contributed by atoms with Crippen molar-refractivity contribution in [2.24, 2.45) is 11.7 Å². The number of imidazole rings is 1. The van der Waals surface area contributed by atoms with Crippen molar-refractivity contribution < 1.29 is 18.4 Å². The quantitative estimate of drug-likeness (QED) is 0.751. The van der Waals surface area contributed by atoms with Gasteiger partial charge in [0.05, 0.1) is 11.3 Å². The van der Waals surface area contributed by atoms with Crippen LogP contribution in [0.15, 0.2) is 18.2 Å². The van der Waals surface area contributed by atoms with Gasteiger partial charge in [-0.15, -0.1) is 0 Å². The number of aromatic nitrogens is 2. The lowest BCUT2D eigenvalue weighted by atomic mass is 10.0. The third-order valence-corrected chi connectivity index (χ3v) is 5.15. The number of nitrogens with zero attached hydrogens (tertiary/aromatic N) is 3. The molecule has 1 aliphatic heterocycles. The summed E-state index contributed by atoms with van der Waals surface area (Å²) >= 11 is 0. The number of rotatable bonds is 6. The number of hydrogen-bond donors (Lipinski definition) is 2. The lowest BCUT2D eigenvalue weighted by Crippen LogP contribution is -2.45. The van der Waals surface area contributed by atoms with E-state index in [1.807, 2.05) is 25.8 Å². The van der Waals surface area contributed by atoms with E-state index >= 15 is 0 Å². The van der Waals surface area contributed by atoms with Crippen molar-refractivity contribution in [1.82, 2.24) is 19.8 Å². The van der Waals surface area contributed by atoms with Gasteiger partial charge >= 0.3 is 0 Å². The molecule has 162 valence electrons. The van der Waals surface area contributed by atoms with Crippen LogP contribution in [0, 0.1) is 17.6 Å². The monoisotopic (exact) mass is 419 g/mol. The van der Waals surface area contributed by atoms with Crippen LogP contribution >= 0.6 is 0 Å². The first-order valence-electron chi connectivity index (χ1n) is 10.0. The minimum absolute atomic E-state index is 0.00603. The largest absolute Gasteiger partial charge is 0.368 e. The van der Waals surface area contributed by atoms with Gasteiger partial charge in [0.15, 0.2) is 5.69 Å². The van der Waals surface area contributed by atoms with Gasteiger partial charge in [-0.3, -0.25) is 9.59 Å². The SMILES string of the molecule is CC(C)C[C@H](NC(=O)c1nc(-c2cc(F)ccc2F)n2c1CN(C)CCC2)C(N)=O. The summed E-state index contributed by atoms with van der Waals surface area (Å²) in [6.07, 6.45) is 1.16. The number of nitrogens with two attached hydrogens (primary N) is 1. The molecule has 1 aromatic carbocycles. The Morgan fingerprint density at radius 1 is 1.27 bits per heavy atom. The van der Waals surface area contributed by atoms with E-state index in [1.54, 1.807) is 4.57 Å². The Hall–Kier alpha value is -2.81. The topological polar surface area (TPSA) is 93.2 Å². The average molecular weight is 419 g/mol. The summed E-state index contributed by atoms with van der Waals surface area (Å²) in [5.74, 6) is -2.06. The highest BCUT2D eigenvalue weighted by Gasteiger charge is 2.29. The molecule has 0 saturated carbocycles. The lowest BCUT2D eigenvalue weighted by Gasteiger charge is -2.18. The van der Waals surface area contributed by atoms with Gasteiger partial charge < -0.3 is 20.5 Å². The number of primary amides is 1. The third kappa shape index (κ3) is 4.67. The van der Waals surface area contributed by atoms with Crippen molar-refractivity contribution in [3.8, 4) is 11.4 Å². The van der Waals surface area contributed by atoms with E-state index in [0.29, 0.717) is 25.2 Å². The van der Waals surface area contributed by atoms with Crippen molar-refractivity contribution in [3.63, 3.8) is 0 Å². The second-order valence-corrected chi connectivity index (χ2v) is 8.16. The Morgan fingerprint density at radius 2 is 2.00 bits per heavy atom. The Labute approximate surface area is 174 Å². The molecule has 0 radical (unpaired) electrons. The number of hydrogen-bond acceptors (Lipinski definition) is 4. The molecule has 1 atom stereocenters. The zero-order chi connectivity index (χ0) is 22.0. The summed E-state index contributed by atoms with van der Waals surface area (Å²) in [5, 5.41) is 2.66. The number of fused-ring (bicyclic) bond motifs is 1. The molecule has 0 saturated heterocycles. The number of carbonyl (C=O) groups excluding carboxylic acids is 2. The molecule has 3 rings (SSSR count). The van der Waals surface area contributed by atoms with Crippen molar-refractivity contribution in [2.75, 3.05) is 13.6 Å². The first-order valence-corrected chi connectivity index (χ1v) is 10.0. The fourth-order valence-electron chi connectivity index (χ4n) is 3.72. The van der Waals surface area contributed by atoms with Crippen LogP contribution in [0.25, 0.3) is 11.4 Å². The number of halogens is 2. The van der Waals surface area contributed by atoms with Gasteiger partial charge in [0.2, 0.25) is 5.91 Å². The van der Waals surface area contributed by atoms with Crippen molar-refractivity contribution in [2.45, 2.75) is 45.8 Å². The molecule has 7 nitrogen and oxygen atoms in total. The van der Waals surface area contributed by atoms with Crippen LogP contribution in [0.3, 0.4) is 0 Å². The first-order chi connectivity index (χ1) is 14.2. The molecule has 0 unspecified atom stereocenters. The molecule has 1 aliphatic rings. The van der Waals surface area contributed by atoms with Crippen LogP contribution in [0.5, 0.6) is 0 Å². The van der Waals surface area contributed by atoms with Gasteiger partial charge in [-0.05, 0) is 50.6 Å². The second-order valence-electron chi connectivity index (χ2n) is 8.16. The molecular weight excluding hydrogens is 392 g/mol. The van der Waals surface area contributed by atoms with E-state index in [1.165, 1.54) is 0 Å². The Balaban J connectivity index is 2.06. The van der Waals surface area contributed by atoms with Crippen molar-refractivity contribution in [3.05, 3.63) is 41.2 Å². The normalized spacial score (nSPS) is 15.5. The van der Waals surface area contributed by atoms with Crippen LogP contribution in [-0.4, -0.2) is 45.9 Å². The van der Waals surface area contributed by atoms with E-state index in [9.17, 15) is 18.4 Å². The molecule has 3 N–H and O–H groups in total. The fourth-order valence-corrected chi connectivity index (χ4v) is 3.72. The Bertz CT molecular complexity index is 957. The molecule has 0 aliphatic carbocycles. The lowest BCUT2D eigenvalue weighted by molar-refractivity contribution is -0.120. The third-order valence-electron chi connectivity index (χ3n) is 5.15. The van der Waals surface area contributed by atoms with Crippen LogP contribution in [-0.2, 0) is 17.9 Å². The number of carbonyl (C=O) groups is 2. The smallest absolute Gasteiger partial charge is 0.272 e. The molecule has 30 heavy (non-hydrogen) atoms. The molecular formula is C21H27F2N5O2. The Morgan fingerprint density at radius 3 is 2.67 bits per heavy atom. The fraction of sp³-hybridized carbons (Fsp3) is 0.476. The zero-order valence-corrected chi connectivity index (χ0v) is 17.4. The molecule has 2 amide bonds. The van der Waals surface area contributed by atoms with Crippen LogP contribution in [0.2, 0.25) is 0 Å². The van der Waals surface area contributed by atoms with E-state index in [2.05, 4.69) is 10.3 Å².